The molecule has 3 N–H and O–H groups in total. The Labute approximate surface area is 86.9 Å². The molecule has 0 radical (unpaired) electrons. The van der Waals surface area contributed by atoms with Crippen molar-refractivity contribution in [2.45, 2.75) is 69.9 Å². The van der Waals surface area contributed by atoms with Gasteiger partial charge < -0.3 is 10.8 Å². The predicted molar refractivity (Wildman–Crippen MR) is 58.0 cm³/mol. The summed E-state index contributed by atoms with van der Waals surface area (Å²) in [5.74, 6) is 0. The summed E-state index contributed by atoms with van der Waals surface area (Å²) >= 11 is 0. The van der Waals surface area contributed by atoms with E-state index in [2.05, 4.69) is 13.8 Å². The van der Waals surface area contributed by atoms with Crippen molar-refractivity contribution >= 4 is 0 Å². The minimum atomic E-state index is -0.559. The van der Waals surface area contributed by atoms with Crippen molar-refractivity contribution in [1.82, 2.24) is 0 Å². The molecule has 0 bridgehead atoms. The van der Waals surface area contributed by atoms with Crippen LogP contribution in [0.3, 0.4) is 0 Å². The Balaban J connectivity index is 2.07. The maximum atomic E-state index is 10.5. The summed E-state index contributed by atoms with van der Waals surface area (Å²) in [6.45, 7) is 4.43. The lowest BCUT2D eigenvalue weighted by molar-refractivity contribution is -0.168. The van der Waals surface area contributed by atoms with Crippen LogP contribution < -0.4 is 5.73 Å². The van der Waals surface area contributed by atoms with E-state index >= 15 is 0 Å². The predicted octanol–water partition coefficient (Wildman–Crippen LogP) is 2.20. The number of nitrogens with two attached hydrogens (primary N) is 1. The number of aliphatic hydroxyl groups is 1. The Morgan fingerprint density at radius 3 is 1.93 bits per heavy atom. The number of rotatable bonds is 1. The highest BCUT2D eigenvalue weighted by Crippen LogP contribution is 2.55. The summed E-state index contributed by atoms with van der Waals surface area (Å²) in [5, 5.41) is 10.5. The molecule has 2 fully saturated rings. The molecular weight excluding hydrogens is 174 g/mol. The Morgan fingerprint density at radius 2 is 1.50 bits per heavy atom. The third-order valence-corrected chi connectivity index (χ3v) is 4.21. The first-order chi connectivity index (χ1) is 6.37. The molecule has 0 atom stereocenters. The summed E-state index contributed by atoms with van der Waals surface area (Å²) in [6, 6.07) is 0. The minimum absolute atomic E-state index is 0.277. The van der Waals surface area contributed by atoms with Gasteiger partial charge in [0.2, 0.25) is 0 Å². The first kappa shape index (κ1) is 10.4. The van der Waals surface area contributed by atoms with E-state index in [-0.39, 0.29) is 5.54 Å². The standard InChI is InChI=1S/C12H23NO/c1-10(2)8-12(14,9-10)11(13)6-4-3-5-7-11/h14H,3-9,13H2,1-2H3. The van der Waals surface area contributed by atoms with E-state index in [9.17, 15) is 5.11 Å². The van der Waals surface area contributed by atoms with Gasteiger partial charge in [-0.15, -0.1) is 0 Å². The molecule has 2 aliphatic rings. The number of hydrogen-bond donors (Lipinski definition) is 2. The summed E-state index contributed by atoms with van der Waals surface area (Å²) in [5.41, 5.74) is 5.84. The van der Waals surface area contributed by atoms with E-state index in [0.717, 1.165) is 25.7 Å². The maximum absolute atomic E-state index is 10.5. The van der Waals surface area contributed by atoms with Gasteiger partial charge in [-0.05, 0) is 31.1 Å². The van der Waals surface area contributed by atoms with Crippen LogP contribution in [0, 0.1) is 5.41 Å². The molecule has 2 nitrogen and oxygen atoms in total. The smallest absolute Gasteiger partial charge is 0.0836 e. The summed E-state index contributed by atoms with van der Waals surface area (Å²) in [7, 11) is 0. The normalized spacial score (nSPS) is 33.4. The molecule has 2 saturated carbocycles. The highest BCUT2D eigenvalue weighted by atomic mass is 16.3. The summed E-state index contributed by atoms with van der Waals surface area (Å²) in [6.07, 6.45) is 7.48. The van der Waals surface area contributed by atoms with Crippen LogP contribution in [0.25, 0.3) is 0 Å². The first-order valence-corrected chi connectivity index (χ1v) is 5.88. The minimum Gasteiger partial charge on any atom is -0.388 e. The Morgan fingerprint density at radius 1 is 1.00 bits per heavy atom. The van der Waals surface area contributed by atoms with Crippen LogP contribution in [0.2, 0.25) is 0 Å². The molecule has 2 rings (SSSR count). The van der Waals surface area contributed by atoms with E-state index in [1.54, 1.807) is 0 Å². The van der Waals surface area contributed by atoms with Crippen molar-refractivity contribution < 1.29 is 5.11 Å². The topological polar surface area (TPSA) is 46.2 Å². The molecule has 0 aromatic rings. The van der Waals surface area contributed by atoms with Gasteiger partial charge in [-0.2, -0.15) is 0 Å². The lowest BCUT2D eigenvalue weighted by Gasteiger charge is -2.59. The first-order valence-electron chi connectivity index (χ1n) is 5.88. The van der Waals surface area contributed by atoms with Gasteiger partial charge in [0, 0.05) is 5.54 Å². The van der Waals surface area contributed by atoms with Crippen molar-refractivity contribution in [3.8, 4) is 0 Å². The number of hydrogen-bond acceptors (Lipinski definition) is 2. The van der Waals surface area contributed by atoms with Crippen molar-refractivity contribution in [1.29, 1.82) is 0 Å². The van der Waals surface area contributed by atoms with Gasteiger partial charge in [-0.25, -0.2) is 0 Å². The Hall–Kier alpha value is -0.0800. The van der Waals surface area contributed by atoms with Crippen LogP contribution >= 0.6 is 0 Å². The van der Waals surface area contributed by atoms with Crippen LogP contribution in [-0.4, -0.2) is 16.2 Å². The second-order valence-electron chi connectivity index (χ2n) is 6.27. The molecule has 0 saturated heterocycles. The fourth-order valence-corrected chi connectivity index (χ4v) is 3.53. The largest absolute Gasteiger partial charge is 0.388 e. The van der Waals surface area contributed by atoms with Gasteiger partial charge in [0.1, 0.15) is 0 Å². The molecule has 0 aliphatic heterocycles. The molecule has 2 heteroatoms. The molecule has 14 heavy (non-hydrogen) atoms. The zero-order valence-corrected chi connectivity index (χ0v) is 9.47. The zero-order chi connectivity index (χ0) is 10.4. The zero-order valence-electron chi connectivity index (χ0n) is 9.47. The van der Waals surface area contributed by atoms with Crippen molar-refractivity contribution in [2.24, 2.45) is 11.1 Å². The van der Waals surface area contributed by atoms with Gasteiger partial charge in [0.05, 0.1) is 5.60 Å². The van der Waals surface area contributed by atoms with Gasteiger partial charge in [-0.1, -0.05) is 33.1 Å². The van der Waals surface area contributed by atoms with E-state index in [1.807, 2.05) is 0 Å². The quantitative estimate of drug-likeness (QED) is 0.677. The molecule has 0 unspecified atom stereocenters. The molecule has 0 aromatic carbocycles. The molecule has 0 aromatic heterocycles. The average molecular weight is 197 g/mol. The van der Waals surface area contributed by atoms with Gasteiger partial charge in [0.25, 0.3) is 0 Å². The summed E-state index contributed by atoms with van der Waals surface area (Å²) < 4.78 is 0. The average Bonchev–Trinajstić information content (AvgIpc) is 2.01. The van der Waals surface area contributed by atoms with E-state index in [1.165, 1.54) is 19.3 Å². The van der Waals surface area contributed by atoms with E-state index < -0.39 is 5.60 Å². The van der Waals surface area contributed by atoms with Crippen LogP contribution in [0.1, 0.15) is 58.8 Å². The Kier molecular flexibility index (Phi) is 2.20. The van der Waals surface area contributed by atoms with E-state index in [0.29, 0.717) is 5.41 Å². The molecule has 0 amide bonds. The molecule has 0 heterocycles. The second-order valence-corrected chi connectivity index (χ2v) is 6.27. The fourth-order valence-electron chi connectivity index (χ4n) is 3.53. The monoisotopic (exact) mass is 197 g/mol. The second kappa shape index (κ2) is 2.96. The molecule has 82 valence electrons. The molecule has 2 aliphatic carbocycles. The van der Waals surface area contributed by atoms with Gasteiger partial charge >= 0.3 is 0 Å². The molecular formula is C12H23NO. The van der Waals surface area contributed by atoms with Crippen molar-refractivity contribution in [3.63, 3.8) is 0 Å². The van der Waals surface area contributed by atoms with E-state index in [4.69, 9.17) is 5.73 Å². The lowest BCUT2D eigenvalue weighted by Crippen LogP contribution is -2.69. The highest BCUT2D eigenvalue weighted by Gasteiger charge is 2.58. The van der Waals surface area contributed by atoms with Crippen molar-refractivity contribution in [3.05, 3.63) is 0 Å². The van der Waals surface area contributed by atoms with Crippen LogP contribution in [0.5, 0.6) is 0 Å². The molecule has 0 spiro atoms. The SMILES string of the molecule is CC1(C)CC(O)(C2(N)CCCCC2)C1. The van der Waals surface area contributed by atoms with Gasteiger partial charge in [0.15, 0.2) is 0 Å². The third-order valence-electron chi connectivity index (χ3n) is 4.21. The lowest BCUT2D eigenvalue weighted by atomic mass is 9.52. The fraction of sp³-hybridized carbons (Fsp3) is 1.00. The van der Waals surface area contributed by atoms with Gasteiger partial charge in [-0.3, -0.25) is 0 Å². The van der Waals surface area contributed by atoms with Crippen molar-refractivity contribution in [2.75, 3.05) is 0 Å². The maximum Gasteiger partial charge on any atom is 0.0836 e. The van der Waals surface area contributed by atoms with Crippen LogP contribution in [-0.2, 0) is 0 Å². The Bertz CT molecular complexity index is 220. The third kappa shape index (κ3) is 1.49. The van der Waals surface area contributed by atoms with Crippen LogP contribution in [0.15, 0.2) is 0 Å². The highest BCUT2D eigenvalue weighted by molar-refractivity contribution is 5.14. The van der Waals surface area contributed by atoms with Crippen LogP contribution in [0.4, 0.5) is 0 Å². The summed E-state index contributed by atoms with van der Waals surface area (Å²) in [4.78, 5) is 0.